The van der Waals surface area contributed by atoms with Crippen LogP contribution in [0.15, 0.2) is 18.2 Å². The lowest BCUT2D eigenvalue weighted by Gasteiger charge is -2.15. The maximum absolute atomic E-state index is 12.2. The van der Waals surface area contributed by atoms with E-state index in [0.717, 1.165) is 12.8 Å². The first-order valence-electron chi connectivity index (χ1n) is 6.91. The number of nitrogens with zero attached hydrogens (tertiary/aromatic N) is 1. The summed E-state index contributed by atoms with van der Waals surface area (Å²) in [5.41, 5.74) is 2.05. The molecule has 0 radical (unpaired) electrons. The molecular formula is C14H22N4O3. The highest BCUT2D eigenvalue weighted by Crippen LogP contribution is 2.27. The monoisotopic (exact) mass is 294 g/mol. The number of hydrazine groups is 1. The predicted octanol–water partition coefficient (Wildman–Crippen LogP) is 2.43. The number of nitro benzene ring substituents is 1. The SMILES string of the molecule is CC(C)CCC(C)NC(=O)c1cccc(NN)c1[N+](=O)[O-]. The number of amides is 1. The summed E-state index contributed by atoms with van der Waals surface area (Å²) in [6.45, 7) is 6.10. The van der Waals surface area contributed by atoms with Gasteiger partial charge in [0, 0.05) is 6.04 Å². The Morgan fingerprint density at radius 2 is 2.00 bits per heavy atom. The molecule has 7 nitrogen and oxygen atoms in total. The maximum Gasteiger partial charge on any atom is 0.306 e. The Bertz CT molecular complexity index is 517. The molecule has 1 unspecified atom stereocenters. The van der Waals surface area contributed by atoms with Gasteiger partial charge in [0.1, 0.15) is 11.3 Å². The molecule has 1 amide bonds. The maximum atomic E-state index is 12.2. The molecule has 0 aliphatic rings. The van der Waals surface area contributed by atoms with Crippen molar-refractivity contribution in [1.82, 2.24) is 5.32 Å². The summed E-state index contributed by atoms with van der Waals surface area (Å²) in [6, 6.07) is 4.38. The van der Waals surface area contributed by atoms with E-state index in [0.29, 0.717) is 5.92 Å². The average molecular weight is 294 g/mol. The van der Waals surface area contributed by atoms with Crippen LogP contribution in [0, 0.1) is 16.0 Å². The van der Waals surface area contributed by atoms with Gasteiger partial charge in [0.25, 0.3) is 5.91 Å². The van der Waals surface area contributed by atoms with E-state index in [1.807, 2.05) is 6.92 Å². The van der Waals surface area contributed by atoms with E-state index in [4.69, 9.17) is 5.84 Å². The van der Waals surface area contributed by atoms with E-state index in [-0.39, 0.29) is 23.0 Å². The van der Waals surface area contributed by atoms with Crippen molar-refractivity contribution in [2.45, 2.75) is 39.7 Å². The number of nitrogens with two attached hydrogens (primary N) is 1. The Labute approximate surface area is 124 Å². The van der Waals surface area contributed by atoms with E-state index >= 15 is 0 Å². The minimum atomic E-state index is -0.608. The van der Waals surface area contributed by atoms with Gasteiger partial charge in [0.15, 0.2) is 0 Å². The van der Waals surface area contributed by atoms with Gasteiger partial charge in [-0.1, -0.05) is 19.9 Å². The third kappa shape index (κ3) is 4.71. The molecule has 0 aliphatic carbocycles. The second kappa shape index (κ2) is 7.58. The first-order chi connectivity index (χ1) is 9.86. The van der Waals surface area contributed by atoms with E-state index in [1.54, 1.807) is 6.07 Å². The highest BCUT2D eigenvalue weighted by molar-refractivity contribution is 6.00. The summed E-state index contributed by atoms with van der Waals surface area (Å²) in [7, 11) is 0. The molecule has 1 aromatic carbocycles. The lowest BCUT2D eigenvalue weighted by Crippen LogP contribution is -2.33. The molecule has 0 aromatic heterocycles. The molecule has 0 saturated carbocycles. The highest BCUT2D eigenvalue weighted by atomic mass is 16.6. The molecule has 7 heteroatoms. The van der Waals surface area contributed by atoms with E-state index in [2.05, 4.69) is 24.6 Å². The molecule has 0 bridgehead atoms. The fraction of sp³-hybridized carbons (Fsp3) is 0.500. The Morgan fingerprint density at radius 1 is 1.33 bits per heavy atom. The van der Waals surface area contributed by atoms with Crippen molar-refractivity contribution in [2.24, 2.45) is 11.8 Å². The zero-order valence-corrected chi connectivity index (χ0v) is 12.6. The third-order valence-electron chi connectivity index (χ3n) is 3.17. The second-order valence-corrected chi connectivity index (χ2v) is 5.45. The van der Waals surface area contributed by atoms with Crippen LogP contribution in [-0.2, 0) is 0 Å². The van der Waals surface area contributed by atoms with Crippen molar-refractivity contribution < 1.29 is 9.72 Å². The van der Waals surface area contributed by atoms with Crippen molar-refractivity contribution in [3.8, 4) is 0 Å². The normalized spacial score (nSPS) is 12.0. The Hall–Kier alpha value is -2.15. The van der Waals surface area contributed by atoms with Gasteiger partial charge in [-0.2, -0.15) is 0 Å². The first kappa shape index (κ1) is 16.9. The molecule has 116 valence electrons. The smallest absolute Gasteiger partial charge is 0.306 e. The molecule has 0 saturated heterocycles. The summed E-state index contributed by atoms with van der Waals surface area (Å²) in [6.07, 6.45) is 1.81. The molecule has 0 aliphatic heterocycles. The fourth-order valence-corrected chi connectivity index (χ4v) is 2.00. The summed E-state index contributed by atoms with van der Waals surface area (Å²) in [4.78, 5) is 22.7. The quantitative estimate of drug-likeness (QED) is 0.406. The molecule has 0 heterocycles. The number of nitro groups is 1. The lowest BCUT2D eigenvalue weighted by atomic mass is 10.0. The number of anilines is 1. The first-order valence-corrected chi connectivity index (χ1v) is 6.91. The summed E-state index contributed by atoms with van der Waals surface area (Å²) < 4.78 is 0. The molecule has 4 N–H and O–H groups in total. The number of hydrogen-bond acceptors (Lipinski definition) is 5. The van der Waals surface area contributed by atoms with Crippen LogP contribution >= 0.6 is 0 Å². The molecule has 0 fully saturated rings. The van der Waals surface area contributed by atoms with Gasteiger partial charge in [0.2, 0.25) is 0 Å². The van der Waals surface area contributed by atoms with Crippen molar-refractivity contribution >= 4 is 17.3 Å². The summed E-state index contributed by atoms with van der Waals surface area (Å²) in [5.74, 6) is 5.34. The number of carbonyl (C=O) groups excluding carboxylic acids is 1. The molecular weight excluding hydrogens is 272 g/mol. The van der Waals surface area contributed by atoms with Gasteiger partial charge in [-0.3, -0.25) is 20.8 Å². The minimum Gasteiger partial charge on any atom is -0.349 e. The third-order valence-corrected chi connectivity index (χ3v) is 3.17. The number of nitrogens with one attached hydrogen (secondary N) is 2. The number of benzene rings is 1. The zero-order valence-electron chi connectivity index (χ0n) is 12.6. The van der Waals surface area contributed by atoms with Gasteiger partial charge in [-0.15, -0.1) is 0 Å². The van der Waals surface area contributed by atoms with E-state index in [1.165, 1.54) is 12.1 Å². The summed E-state index contributed by atoms with van der Waals surface area (Å²) in [5, 5.41) is 13.9. The van der Waals surface area contributed by atoms with Gasteiger partial charge in [-0.05, 0) is 37.8 Å². The molecule has 1 rings (SSSR count). The van der Waals surface area contributed by atoms with Crippen LogP contribution in [0.2, 0.25) is 0 Å². The van der Waals surface area contributed by atoms with Gasteiger partial charge < -0.3 is 10.7 Å². The Kier molecular flexibility index (Phi) is 6.10. The topological polar surface area (TPSA) is 110 Å². The number of para-hydroxylation sites is 1. The van der Waals surface area contributed by atoms with E-state index in [9.17, 15) is 14.9 Å². The number of rotatable bonds is 7. The van der Waals surface area contributed by atoms with Crippen LogP contribution in [0.3, 0.4) is 0 Å². The lowest BCUT2D eigenvalue weighted by molar-refractivity contribution is -0.384. The van der Waals surface area contributed by atoms with Crippen LogP contribution in [0.1, 0.15) is 44.0 Å². The predicted molar refractivity (Wildman–Crippen MR) is 81.9 cm³/mol. The minimum absolute atomic E-state index is 0.00634. The van der Waals surface area contributed by atoms with Crippen molar-refractivity contribution in [2.75, 3.05) is 5.43 Å². The number of nitrogen functional groups attached to an aromatic ring is 1. The van der Waals surface area contributed by atoms with Crippen LogP contribution in [-0.4, -0.2) is 16.9 Å². The van der Waals surface area contributed by atoms with Crippen LogP contribution in [0.25, 0.3) is 0 Å². The standard InChI is InChI=1S/C14H22N4O3/c1-9(2)7-8-10(3)16-14(19)11-5-4-6-12(17-15)13(11)18(20)21/h4-6,9-10,17H,7-8,15H2,1-3H3,(H,16,19). The fourth-order valence-electron chi connectivity index (χ4n) is 2.00. The Morgan fingerprint density at radius 3 is 2.52 bits per heavy atom. The molecule has 1 aromatic rings. The van der Waals surface area contributed by atoms with Crippen LogP contribution in [0.4, 0.5) is 11.4 Å². The molecule has 1 atom stereocenters. The van der Waals surface area contributed by atoms with Crippen molar-refractivity contribution in [1.29, 1.82) is 0 Å². The van der Waals surface area contributed by atoms with Crippen LogP contribution < -0.4 is 16.6 Å². The molecule has 21 heavy (non-hydrogen) atoms. The van der Waals surface area contributed by atoms with Gasteiger partial charge >= 0.3 is 5.69 Å². The zero-order chi connectivity index (χ0) is 16.0. The highest BCUT2D eigenvalue weighted by Gasteiger charge is 2.24. The van der Waals surface area contributed by atoms with Gasteiger partial charge in [0.05, 0.1) is 4.92 Å². The van der Waals surface area contributed by atoms with Crippen molar-refractivity contribution in [3.05, 3.63) is 33.9 Å². The second-order valence-electron chi connectivity index (χ2n) is 5.45. The van der Waals surface area contributed by atoms with Crippen LogP contribution in [0.5, 0.6) is 0 Å². The number of hydrogen-bond donors (Lipinski definition) is 3. The number of carbonyl (C=O) groups is 1. The Balaban J connectivity index is 2.90. The largest absolute Gasteiger partial charge is 0.349 e. The van der Waals surface area contributed by atoms with E-state index < -0.39 is 10.8 Å². The van der Waals surface area contributed by atoms with Crippen molar-refractivity contribution in [3.63, 3.8) is 0 Å². The average Bonchev–Trinajstić information content (AvgIpc) is 2.43. The summed E-state index contributed by atoms with van der Waals surface area (Å²) >= 11 is 0. The van der Waals surface area contributed by atoms with Gasteiger partial charge in [-0.25, -0.2) is 0 Å². The molecule has 0 spiro atoms.